The first-order valence-electron chi connectivity index (χ1n) is 13.1. The SMILES string of the molecule is COc1ccc([C@@H](C)N[C@H]2CC3(CCN(CC4CC5C=CC4C5)CC3)c3cc(Cl)ccc32)cc1. The predicted molar refractivity (Wildman–Crippen MR) is 140 cm³/mol. The molecule has 2 bridgehead atoms. The van der Waals surface area contributed by atoms with Crippen molar-refractivity contribution in [1.82, 2.24) is 10.2 Å². The fourth-order valence-corrected chi connectivity index (χ4v) is 7.59. The van der Waals surface area contributed by atoms with Gasteiger partial charge in [-0.15, -0.1) is 0 Å². The molecule has 1 aliphatic heterocycles. The van der Waals surface area contributed by atoms with Crippen molar-refractivity contribution in [3.8, 4) is 5.75 Å². The van der Waals surface area contributed by atoms with E-state index in [2.05, 4.69) is 71.8 Å². The highest BCUT2D eigenvalue weighted by atomic mass is 35.5. The first kappa shape index (κ1) is 22.6. The van der Waals surface area contributed by atoms with E-state index < -0.39 is 0 Å². The van der Waals surface area contributed by atoms with Crippen LogP contribution in [0.4, 0.5) is 0 Å². The molecule has 1 heterocycles. The fourth-order valence-electron chi connectivity index (χ4n) is 7.41. The monoisotopic (exact) mass is 476 g/mol. The Balaban J connectivity index is 1.16. The normalized spacial score (nSPS) is 30.1. The minimum atomic E-state index is 0.253. The molecule has 0 amide bonds. The van der Waals surface area contributed by atoms with Gasteiger partial charge in [0.2, 0.25) is 0 Å². The van der Waals surface area contributed by atoms with Crippen LogP contribution in [-0.4, -0.2) is 31.6 Å². The maximum Gasteiger partial charge on any atom is 0.118 e. The average Bonchev–Trinajstić information content (AvgIpc) is 3.55. The number of halogens is 1. The van der Waals surface area contributed by atoms with Crippen molar-refractivity contribution in [2.75, 3.05) is 26.7 Å². The number of hydrogen-bond donors (Lipinski definition) is 1. The first-order valence-corrected chi connectivity index (χ1v) is 13.5. The van der Waals surface area contributed by atoms with E-state index in [-0.39, 0.29) is 11.5 Å². The van der Waals surface area contributed by atoms with Crippen molar-refractivity contribution in [2.24, 2.45) is 17.8 Å². The first-order chi connectivity index (χ1) is 16.5. The van der Waals surface area contributed by atoms with Crippen LogP contribution in [0.5, 0.6) is 5.75 Å². The lowest BCUT2D eigenvalue weighted by Crippen LogP contribution is -2.44. The summed E-state index contributed by atoms with van der Waals surface area (Å²) in [4.78, 5) is 2.76. The minimum absolute atomic E-state index is 0.253. The number of piperidine rings is 1. The lowest BCUT2D eigenvalue weighted by Gasteiger charge is -2.42. The average molecular weight is 477 g/mol. The number of likely N-dealkylation sites (tertiary alicyclic amines) is 1. The van der Waals surface area contributed by atoms with Gasteiger partial charge in [-0.3, -0.25) is 0 Å². The minimum Gasteiger partial charge on any atom is -0.497 e. The van der Waals surface area contributed by atoms with Crippen LogP contribution in [-0.2, 0) is 5.41 Å². The molecule has 0 aromatic heterocycles. The van der Waals surface area contributed by atoms with Gasteiger partial charge in [-0.2, -0.15) is 0 Å². The molecule has 5 atom stereocenters. The second-order valence-electron chi connectivity index (χ2n) is 11.3. The molecule has 2 fully saturated rings. The maximum absolute atomic E-state index is 6.53. The van der Waals surface area contributed by atoms with E-state index in [1.54, 1.807) is 7.11 Å². The van der Waals surface area contributed by atoms with Crippen molar-refractivity contribution in [3.63, 3.8) is 0 Å². The summed E-state index contributed by atoms with van der Waals surface area (Å²) in [7, 11) is 1.72. The predicted octanol–water partition coefficient (Wildman–Crippen LogP) is 6.69. The second-order valence-corrected chi connectivity index (χ2v) is 11.7. The Labute approximate surface area is 209 Å². The number of benzene rings is 2. The number of ether oxygens (including phenoxy) is 1. The van der Waals surface area contributed by atoms with Gasteiger partial charge in [0.25, 0.3) is 0 Å². The van der Waals surface area contributed by atoms with Crippen LogP contribution in [0, 0.1) is 17.8 Å². The maximum atomic E-state index is 6.53. The quantitative estimate of drug-likeness (QED) is 0.470. The van der Waals surface area contributed by atoms with Gasteiger partial charge in [-0.1, -0.05) is 42.0 Å². The zero-order valence-electron chi connectivity index (χ0n) is 20.5. The molecule has 4 heteroatoms. The van der Waals surface area contributed by atoms with Gasteiger partial charge in [0.1, 0.15) is 5.75 Å². The Morgan fingerprint density at radius 2 is 1.88 bits per heavy atom. The molecule has 6 rings (SSSR count). The highest BCUT2D eigenvalue weighted by molar-refractivity contribution is 6.30. The van der Waals surface area contributed by atoms with Crippen molar-refractivity contribution in [3.05, 3.63) is 76.3 Å². The molecular formula is C30H37ClN2O. The number of allylic oxidation sites excluding steroid dienone is 2. The second kappa shape index (κ2) is 9.00. The fraction of sp³-hybridized carbons (Fsp3) is 0.533. The van der Waals surface area contributed by atoms with Gasteiger partial charge in [-0.25, -0.2) is 0 Å². The summed E-state index contributed by atoms with van der Waals surface area (Å²) < 4.78 is 5.34. The van der Waals surface area contributed by atoms with E-state index in [1.807, 2.05) is 0 Å². The van der Waals surface area contributed by atoms with Gasteiger partial charge in [0, 0.05) is 23.7 Å². The van der Waals surface area contributed by atoms with Crippen LogP contribution in [0.3, 0.4) is 0 Å². The van der Waals surface area contributed by atoms with Gasteiger partial charge >= 0.3 is 0 Å². The standard InChI is InChI=1S/C30H37ClN2O/c1-20(22-5-8-26(34-2)9-6-22)32-29-18-30(28-17-25(31)7-10-27(28)29)11-13-33(14-12-30)19-24-16-21-3-4-23(24)15-21/h3-10,17,20-21,23-24,29,32H,11-16,18-19H2,1-2H3/t20-,21?,23?,24?,29+/m1/s1. The number of nitrogens with zero attached hydrogens (tertiary/aromatic N) is 1. The van der Waals surface area contributed by atoms with Crippen LogP contribution < -0.4 is 10.1 Å². The summed E-state index contributed by atoms with van der Waals surface area (Å²) in [5.74, 6) is 3.51. The Kier molecular flexibility index (Phi) is 6.00. The summed E-state index contributed by atoms with van der Waals surface area (Å²) >= 11 is 6.53. The molecule has 180 valence electrons. The Morgan fingerprint density at radius 1 is 1.09 bits per heavy atom. The van der Waals surface area contributed by atoms with Gasteiger partial charge in [0.15, 0.2) is 0 Å². The smallest absolute Gasteiger partial charge is 0.118 e. The number of nitrogens with one attached hydrogen (secondary N) is 1. The molecule has 2 aromatic carbocycles. The summed E-state index contributed by atoms with van der Waals surface area (Å²) in [6.07, 6.45) is 11.4. The number of hydrogen-bond acceptors (Lipinski definition) is 3. The molecule has 1 saturated carbocycles. The van der Waals surface area contributed by atoms with Crippen molar-refractivity contribution in [1.29, 1.82) is 0 Å². The molecule has 1 spiro atoms. The molecule has 0 radical (unpaired) electrons. The Bertz CT molecular complexity index is 1060. The van der Waals surface area contributed by atoms with Crippen LogP contribution in [0.25, 0.3) is 0 Å². The van der Waals surface area contributed by atoms with E-state index in [0.717, 1.165) is 28.5 Å². The molecule has 3 aliphatic carbocycles. The molecule has 1 N–H and O–H groups in total. The lowest BCUT2D eigenvalue weighted by atomic mass is 9.73. The van der Waals surface area contributed by atoms with E-state index in [9.17, 15) is 0 Å². The molecule has 1 saturated heterocycles. The summed E-state index contributed by atoms with van der Waals surface area (Å²) in [5, 5.41) is 4.84. The third kappa shape index (κ3) is 4.10. The summed E-state index contributed by atoms with van der Waals surface area (Å²) in [6.45, 7) is 5.99. The highest BCUT2D eigenvalue weighted by Gasteiger charge is 2.46. The largest absolute Gasteiger partial charge is 0.497 e. The van der Waals surface area contributed by atoms with E-state index in [0.29, 0.717) is 6.04 Å². The van der Waals surface area contributed by atoms with Crippen LogP contribution >= 0.6 is 11.6 Å². The molecule has 2 aromatic rings. The van der Waals surface area contributed by atoms with Crippen LogP contribution in [0.2, 0.25) is 5.02 Å². The third-order valence-corrected chi connectivity index (χ3v) is 9.58. The van der Waals surface area contributed by atoms with E-state index in [4.69, 9.17) is 16.3 Å². The lowest BCUT2D eigenvalue weighted by molar-refractivity contribution is 0.128. The van der Waals surface area contributed by atoms with E-state index in [1.165, 1.54) is 68.4 Å². The van der Waals surface area contributed by atoms with Crippen molar-refractivity contribution < 1.29 is 4.74 Å². The van der Waals surface area contributed by atoms with E-state index >= 15 is 0 Å². The van der Waals surface area contributed by atoms with Gasteiger partial charge in [-0.05, 0) is 116 Å². The summed E-state index contributed by atoms with van der Waals surface area (Å²) in [5.41, 5.74) is 4.51. The van der Waals surface area contributed by atoms with Crippen molar-refractivity contribution >= 4 is 11.6 Å². The number of fused-ring (bicyclic) bond motifs is 4. The molecule has 3 unspecified atom stereocenters. The molecular weight excluding hydrogens is 440 g/mol. The zero-order valence-corrected chi connectivity index (χ0v) is 21.2. The Hall–Kier alpha value is -1.81. The van der Waals surface area contributed by atoms with Crippen LogP contribution in [0.15, 0.2) is 54.6 Å². The topological polar surface area (TPSA) is 24.5 Å². The summed E-state index contributed by atoms with van der Waals surface area (Å²) in [6, 6.07) is 15.7. The molecule has 34 heavy (non-hydrogen) atoms. The number of methoxy groups -OCH3 is 1. The van der Waals surface area contributed by atoms with Crippen LogP contribution in [0.1, 0.15) is 67.8 Å². The van der Waals surface area contributed by atoms with Gasteiger partial charge in [0.05, 0.1) is 7.11 Å². The van der Waals surface area contributed by atoms with Gasteiger partial charge < -0.3 is 15.0 Å². The van der Waals surface area contributed by atoms with Crippen molar-refractivity contribution in [2.45, 2.75) is 56.5 Å². The number of rotatable bonds is 6. The Morgan fingerprint density at radius 3 is 2.56 bits per heavy atom. The highest BCUT2D eigenvalue weighted by Crippen LogP contribution is 2.52. The molecule has 4 aliphatic rings. The third-order valence-electron chi connectivity index (χ3n) is 9.35. The molecule has 3 nitrogen and oxygen atoms in total. The zero-order chi connectivity index (χ0) is 23.3.